The van der Waals surface area contributed by atoms with Gasteiger partial charge in [-0.05, 0) is 46.1 Å². The fourth-order valence-corrected chi connectivity index (χ4v) is 2.71. The average Bonchev–Trinajstić information content (AvgIpc) is 2.59. The average molecular weight is 226 g/mol. The monoisotopic (exact) mass is 226 g/mol. The lowest BCUT2D eigenvalue weighted by Crippen LogP contribution is -2.57. The Morgan fingerprint density at radius 1 is 1.31 bits per heavy atom. The van der Waals surface area contributed by atoms with Crippen LogP contribution in [0, 0.1) is 0 Å². The van der Waals surface area contributed by atoms with Crippen molar-refractivity contribution in [3.05, 3.63) is 0 Å². The van der Waals surface area contributed by atoms with Crippen molar-refractivity contribution in [1.29, 1.82) is 0 Å². The highest BCUT2D eigenvalue weighted by molar-refractivity contribution is 5.86. The third-order valence-electron chi connectivity index (χ3n) is 3.83. The van der Waals surface area contributed by atoms with E-state index in [0.29, 0.717) is 19.5 Å². The fourth-order valence-electron chi connectivity index (χ4n) is 2.71. The summed E-state index contributed by atoms with van der Waals surface area (Å²) in [4.78, 5) is 14.2. The second-order valence-corrected chi connectivity index (χ2v) is 5.69. The molecule has 0 aromatic carbocycles. The van der Waals surface area contributed by atoms with Crippen LogP contribution >= 0.6 is 0 Å². The van der Waals surface area contributed by atoms with Crippen LogP contribution < -0.4 is 5.32 Å². The molecular weight excluding hydrogens is 204 g/mol. The molecule has 4 nitrogen and oxygen atoms in total. The lowest BCUT2D eigenvalue weighted by Gasteiger charge is -2.36. The Hall–Kier alpha value is -0.610. The molecule has 0 saturated carbocycles. The van der Waals surface area contributed by atoms with Gasteiger partial charge in [0.2, 0.25) is 5.91 Å². The number of carbonyl (C=O) groups is 1. The first-order chi connectivity index (χ1) is 7.43. The molecule has 92 valence electrons. The molecule has 2 atom stereocenters. The van der Waals surface area contributed by atoms with Gasteiger partial charge in [-0.15, -0.1) is 0 Å². The molecule has 2 N–H and O–H groups in total. The van der Waals surface area contributed by atoms with Gasteiger partial charge in [0.15, 0.2) is 0 Å². The van der Waals surface area contributed by atoms with Crippen LogP contribution in [0.4, 0.5) is 0 Å². The molecular formula is C12H22N2O2. The summed E-state index contributed by atoms with van der Waals surface area (Å²) in [5.74, 6) is 0.157. The van der Waals surface area contributed by atoms with Crippen molar-refractivity contribution in [3.63, 3.8) is 0 Å². The van der Waals surface area contributed by atoms with Crippen LogP contribution in [-0.4, -0.2) is 46.7 Å². The van der Waals surface area contributed by atoms with Gasteiger partial charge < -0.3 is 15.3 Å². The molecule has 0 aromatic rings. The second kappa shape index (κ2) is 4.00. The maximum atomic E-state index is 12.4. The number of aliphatic hydroxyl groups is 1. The number of hydrogen-bond donors (Lipinski definition) is 2. The topological polar surface area (TPSA) is 52.6 Å². The summed E-state index contributed by atoms with van der Waals surface area (Å²) in [7, 11) is 0. The van der Waals surface area contributed by atoms with Gasteiger partial charge in [-0.25, -0.2) is 0 Å². The van der Waals surface area contributed by atoms with Crippen LogP contribution in [0.5, 0.6) is 0 Å². The predicted molar refractivity (Wildman–Crippen MR) is 62.1 cm³/mol. The number of carbonyl (C=O) groups excluding carboxylic acids is 1. The van der Waals surface area contributed by atoms with Gasteiger partial charge in [0.25, 0.3) is 0 Å². The quantitative estimate of drug-likeness (QED) is 0.684. The summed E-state index contributed by atoms with van der Waals surface area (Å²) in [5, 5.41) is 13.2. The van der Waals surface area contributed by atoms with Crippen molar-refractivity contribution < 1.29 is 9.90 Å². The molecule has 0 aliphatic carbocycles. The van der Waals surface area contributed by atoms with Gasteiger partial charge in [-0.1, -0.05) is 0 Å². The molecule has 2 unspecified atom stereocenters. The number of amides is 1. The van der Waals surface area contributed by atoms with Crippen LogP contribution in [0.15, 0.2) is 0 Å². The highest BCUT2D eigenvalue weighted by Gasteiger charge is 2.42. The van der Waals surface area contributed by atoms with Crippen LogP contribution in [0.1, 0.15) is 39.5 Å². The number of piperidine rings is 1. The van der Waals surface area contributed by atoms with Gasteiger partial charge in [0.05, 0.1) is 11.1 Å². The van der Waals surface area contributed by atoms with E-state index < -0.39 is 11.1 Å². The fraction of sp³-hybridized carbons (Fsp3) is 0.917. The molecule has 2 aliphatic rings. The van der Waals surface area contributed by atoms with E-state index in [2.05, 4.69) is 5.32 Å². The molecule has 0 spiro atoms. The molecule has 2 rings (SSSR count). The van der Waals surface area contributed by atoms with Gasteiger partial charge in [-0.2, -0.15) is 0 Å². The number of β-amino-alcohol motifs (C(OH)–C–C–N with tert-alkyl or cyclic N) is 1. The molecule has 2 fully saturated rings. The van der Waals surface area contributed by atoms with E-state index in [1.807, 2.05) is 6.92 Å². The van der Waals surface area contributed by atoms with Crippen molar-refractivity contribution >= 4 is 5.91 Å². The highest BCUT2D eigenvalue weighted by Crippen LogP contribution is 2.26. The first-order valence-corrected chi connectivity index (χ1v) is 6.20. The van der Waals surface area contributed by atoms with E-state index in [-0.39, 0.29) is 5.91 Å². The molecule has 16 heavy (non-hydrogen) atoms. The zero-order valence-corrected chi connectivity index (χ0v) is 10.3. The smallest absolute Gasteiger partial charge is 0.242 e. The van der Waals surface area contributed by atoms with E-state index in [0.717, 1.165) is 25.8 Å². The third-order valence-corrected chi connectivity index (χ3v) is 3.83. The number of rotatable bonds is 1. The molecule has 2 heterocycles. The lowest BCUT2D eigenvalue weighted by atomic mass is 9.89. The van der Waals surface area contributed by atoms with Crippen LogP contribution in [0.2, 0.25) is 0 Å². The zero-order chi connectivity index (χ0) is 11.8. The van der Waals surface area contributed by atoms with Crippen molar-refractivity contribution in [2.75, 3.05) is 19.6 Å². The second-order valence-electron chi connectivity index (χ2n) is 5.69. The highest BCUT2D eigenvalue weighted by atomic mass is 16.3. The number of nitrogens with one attached hydrogen (secondary N) is 1. The summed E-state index contributed by atoms with van der Waals surface area (Å²) in [5.41, 5.74) is -1.10. The van der Waals surface area contributed by atoms with E-state index in [1.54, 1.807) is 11.8 Å². The summed E-state index contributed by atoms with van der Waals surface area (Å²) in [6, 6.07) is 0. The number of hydrogen-bond acceptors (Lipinski definition) is 3. The van der Waals surface area contributed by atoms with Crippen LogP contribution in [0.3, 0.4) is 0 Å². The summed E-state index contributed by atoms with van der Waals surface area (Å²) >= 11 is 0. The minimum absolute atomic E-state index is 0.157. The first kappa shape index (κ1) is 11.9. The minimum Gasteiger partial charge on any atom is -0.388 e. The van der Waals surface area contributed by atoms with Gasteiger partial charge in [0.1, 0.15) is 0 Å². The van der Waals surface area contributed by atoms with E-state index >= 15 is 0 Å². The van der Waals surface area contributed by atoms with Crippen molar-refractivity contribution in [1.82, 2.24) is 10.2 Å². The molecule has 2 aliphatic heterocycles. The number of likely N-dealkylation sites (tertiary alicyclic amines) is 1. The van der Waals surface area contributed by atoms with E-state index in [4.69, 9.17) is 0 Å². The molecule has 0 bridgehead atoms. The maximum Gasteiger partial charge on any atom is 0.242 e. The molecule has 2 saturated heterocycles. The van der Waals surface area contributed by atoms with Crippen molar-refractivity contribution in [2.45, 2.75) is 50.7 Å². The number of nitrogens with zero attached hydrogens (tertiary/aromatic N) is 1. The Kier molecular flexibility index (Phi) is 2.97. The molecule has 4 heteroatoms. The Labute approximate surface area is 97.0 Å². The van der Waals surface area contributed by atoms with Gasteiger partial charge in [0, 0.05) is 13.1 Å². The van der Waals surface area contributed by atoms with Crippen molar-refractivity contribution in [2.24, 2.45) is 0 Å². The SMILES string of the molecule is CC1(O)CCN(C(=O)C2(C)CCCCN2)C1. The first-order valence-electron chi connectivity index (χ1n) is 6.20. The summed E-state index contributed by atoms with van der Waals surface area (Å²) < 4.78 is 0. The van der Waals surface area contributed by atoms with Crippen molar-refractivity contribution in [3.8, 4) is 0 Å². The lowest BCUT2D eigenvalue weighted by molar-refractivity contribution is -0.138. The minimum atomic E-state index is -0.694. The molecule has 1 amide bonds. The van der Waals surface area contributed by atoms with E-state index in [1.165, 1.54) is 0 Å². The van der Waals surface area contributed by atoms with Gasteiger partial charge >= 0.3 is 0 Å². The Balaban J connectivity index is 2.02. The predicted octanol–water partition coefficient (Wildman–Crippen LogP) is 0.502. The normalized spacial score (nSPS) is 40.1. The Bertz CT molecular complexity index is 283. The summed E-state index contributed by atoms with van der Waals surface area (Å²) in [6.45, 7) is 5.87. The Morgan fingerprint density at radius 3 is 2.56 bits per heavy atom. The Morgan fingerprint density at radius 2 is 2.06 bits per heavy atom. The maximum absolute atomic E-state index is 12.4. The zero-order valence-electron chi connectivity index (χ0n) is 10.3. The van der Waals surface area contributed by atoms with Crippen LogP contribution in [-0.2, 0) is 4.79 Å². The standard InChI is InChI=1S/C12H22N2O2/c1-11(16)6-8-14(9-11)10(15)12(2)5-3-4-7-13-12/h13,16H,3-9H2,1-2H3. The molecule has 0 radical (unpaired) electrons. The van der Waals surface area contributed by atoms with Crippen LogP contribution in [0.25, 0.3) is 0 Å². The largest absolute Gasteiger partial charge is 0.388 e. The molecule has 0 aromatic heterocycles. The third kappa shape index (κ3) is 2.23. The summed E-state index contributed by atoms with van der Waals surface area (Å²) in [6.07, 6.45) is 3.86. The van der Waals surface area contributed by atoms with E-state index in [9.17, 15) is 9.90 Å². The van der Waals surface area contributed by atoms with Gasteiger partial charge in [-0.3, -0.25) is 4.79 Å².